The number of carbonyl (C=O) groups is 2. The summed E-state index contributed by atoms with van der Waals surface area (Å²) in [5, 5.41) is 2.54. The van der Waals surface area contributed by atoms with Crippen molar-refractivity contribution in [3.63, 3.8) is 0 Å². The molecule has 1 atom stereocenters. The van der Waals surface area contributed by atoms with Gasteiger partial charge < -0.3 is 20.5 Å². The minimum absolute atomic E-state index is 0.159. The number of rotatable bonds is 6. The Bertz CT molecular complexity index is 746. The van der Waals surface area contributed by atoms with Gasteiger partial charge in [-0.3, -0.25) is 9.59 Å². The quantitative estimate of drug-likeness (QED) is 0.842. The summed E-state index contributed by atoms with van der Waals surface area (Å²) in [5.74, 6) is 0.409. The third-order valence-corrected chi connectivity index (χ3v) is 3.85. The van der Waals surface area contributed by atoms with E-state index in [1.165, 1.54) is 0 Å². The number of nitrogens with two attached hydrogens (primary N) is 1. The smallest absolute Gasteiger partial charge is 0.236 e. The fourth-order valence-corrected chi connectivity index (χ4v) is 2.69. The summed E-state index contributed by atoms with van der Waals surface area (Å²) in [6.07, 6.45) is 0.205. The number of primary amides is 1. The van der Waals surface area contributed by atoms with E-state index in [0.29, 0.717) is 11.5 Å². The van der Waals surface area contributed by atoms with Gasteiger partial charge in [0.05, 0.1) is 6.54 Å². The molecular weight excluding hydrogens is 308 g/mol. The zero-order valence-corrected chi connectivity index (χ0v) is 13.0. The van der Waals surface area contributed by atoms with Crippen LogP contribution in [0.5, 0.6) is 11.5 Å². The van der Waals surface area contributed by atoms with E-state index in [4.69, 9.17) is 15.2 Å². The van der Waals surface area contributed by atoms with E-state index in [0.717, 1.165) is 11.1 Å². The molecule has 1 aliphatic rings. The highest BCUT2D eigenvalue weighted by Gasteiger charge is 2.22. The Balaban J connectivity index is 1.85. The van der Waals surface area contributed by atoms with Crippen molar-refractivity contribution in [3.8, 4) is 11.5 Å². The molecule has 0 unspecified atom stereocenters. The van der Waals surface area contributed by atoms with Gasteiger partial charge in [-0.1, -0.05) is 36.4 Å². The van der Waals surface area contributed by atoms with Crippen molar-refractivity contribution in [1.82, 2.24) is 5.32 Å². The first-order chi connectivity index (χ1) is 11.6. The summed E-state index contributed by atoms with van der Waals surface area (Å²) >= 11 is 0. The van der Waals surface area contributed by atoms with Crippen LogP contribution in [0.4, 0.5) is 0 Å². The third kappa shape index (κ3) is 3.65. The van der Waals surface area contributed by atoms with Gasteiger partial charge in [-0.15, -0.1) is 0 Å². The van der Waals surface area contributed by atoms with E-state index in [-0.39, 0.29) is 31.6 Å². The van der Waals surface area contributed by atoms with Crippen molar-refractivity contribution >= 4 is 11.8 Å². The molecule has 0 saturated heterocycles. The highest BCUT2D eigenvalue weighted by Crippen LogP contribution is 2.37. The fourth-order valence-electron chi connectivity index (χ4n) is 2.69. The van der Waals surface area contributed by atoms with E-state index in [2.05, 4.69) is 5.32 Å². The number of benzene rings is 2. The molecular formula is C18H18N2O4. The molecule has 6 heteroatoms. The summed E-state index contributed by atoms with van der Waals surface area (Å²) < 4.78 is 10.8. The molecule has 2 aromatic rings. The average molecular weight is 326 g/mol. The van der Waals surface area contributed by atoms with Gasteiger partial charge in [0.25, 0.3) is 0 Å². The number of nitrogens with one attached hydrogen (secondary N) is 1. The van der Waals surface area contributed by atoms with Crippen LogP contribution in [0.1, 0.15) is 23.5 Å². The lowest BCUT2D eigenvalue weighted by atomic mass is 9.88. The SMILES string of the molecule is NC(=O)CNC(=O)C[C@@H](c1ccccc1)c1ccc2c(c1)OCO2. The van der Waals surface area contributed by atoms with Gasteiger partial charge in [0.1, 0.15) is 0 Å². The zero-order valence-electron chi connectivity index (χ0n) is 13.0. The molecule has 1 heterocycles. The number of hydrogen-bond acceptors (Lipinski definition) is 4. The molecule has 3 N–H and O–H groups in total. The van der Waals surface area contributed by atoms with Crippen LogP contribution in [0, 0.1) is 0 Å². The zero-order chi connectivity index (χ0) is 16.9. The Morgan fingerprint density at radius 2 is 1.79 bits per heavy atom. The van der Waals surface area contributed by atoms with Crippen molar-refractivity contribution in [3.05, 3.63) is 59.7 Å². The Hall–Kier alpha value is -3.02. The van der Waals surface area contributed by atoms with Gasteiger partial charge >= 0.3 is 0 Å². The first-order valence-electron chi connectivity index (χ1n) is 7.63. The van der Waals surface area contributed by atoms with Crippen LogP contribution in [-0.4, -0.2) is 25.2 Å². The summed E-state index contributed by atoms with van der Waals surface area (Å²) in [5.41, 5.74) is 7.02. The molecule has 0 fully saturated rings. The lowest BCUT2D eigenvalue weighted by molar-refractivity contribution is -0.124. The second-order valence-corrected chi connectivity index (χ2v) is 5.52. The second-order valence-electron chi connectivity index (χ2n) is 5.52. The van der Waals surface area contributed by atoms with E-state index < -0.39 is 5.91 Å². The molecule has 0 spiro atoms. The van der Waals surface area contributed by atoms with Crippen molar-refractivity contribution in [2.75, 3.05) is 13.3 Å². The Kier molecular flexibility index (Phi) is 4.65. The van der Waals surface area contributed by atoms with Crippen LogP contribution < -0.4 is 20.5 Å². The van der Waals surface area contributed by atoms with E-state index in [1.54, 1.807) is 0 Å². The largest absolute Gasteiger partial charge is 0.454 e. The average Bonchev–Trinajstić information content (AvgIpc) is 3.06. The highest BCUT2D eigenvalue weighted by molar-refractivity contribution is 5.84. The van der Waals surface area contributed by atoms with Crippen LogP contribution in [0.3, 0.4) is 0 Å². The summed E-state index contributed by atoms with van der Waals surface area (Å²) in [6, 6.07) is 15.4. The van der Waals surface area contributed by atoms with Crippen molar-refractivity contribution in [1.29, 1.82) is 0 Å². The highest BCUT2D eigenvalue weighted by atomic mass is 16.7. The Labute approximate surface area is 139 Å². The minimum atomic E-state index is -0.567. The molecule has 3 rings (SSSR count). The molecule has 6 nitrogen and oxygen atoms in total. The van der Waals surface area contributed by atoms with Gasteiger partial charge in [-0.05, 0) is 23.3 Å². The van der Waals surface area contributed by atoms with Crippen LogP contribution in [0.2, 0.25) is 0 Å². The van der Waals surface area contributed by atoms with Gasteiger partial charge in [0.2, 0.25) is 18.6 Å². The molecule has 0 aliphatic carbocycles. The first-order valence-corrected chi connectivity index (χ1v) is 7.63. The number of amides is 2. The maximum atomic E-state index is 12.2. The first kappa shape index (κ1) is 15.9. The normalized spacial score (nSPS) is 13.3. The molecule has 1 aliphatic heterocycles. The predicted molar refractivity (Wildman–Crippen MR) is 87.7 cm³/mol. The number of hydrogen-bond donors (Lipinski definition) is 2. The van der Waals surface area contributed by atoms with Crippen molar-refractivity contribution in [2.24, 2.45) is 5.73 Å². The van der Waals surface area contributed by atoms with Crippen LogP contribution >= 0.6 is 0 Å². The topological polar surface area (TPSA) is 90.7 Å². The predicted octanol–water partition coefficient (Wildman–Crippen LogP) is 1.54. The molecule has 2 aromatic carbocycles. The van der Waals surface area contributed by atoms with Gasteiger partial charge in [-0.25, -0.2) is 0 Å². The van der Waals surface area contributed by atoms with Crippen LogP contribution in [0.15, 0.2) is 48.5 Å². The molecule has 0 radical (unpaired) electrons. The molecule has 24 heavy (non-hydrogen) atoms. The maximum Gasteiger partial charge on any atom is 0.236 e. The number of ether oxygens (including phenoxy) is 2. The van der Waals surface area contributed by atoms with Crippen molar-refractivity contribution in [2.45, 2.75) is 12.3 Å². The van der Waals surface area contributed by atoms with E-state index in [9.17, 15) is 9.59 Å². The summed E-state index contributed by atoms with van der Waals surface area (Å²) in [7, 11) is 0. The number of carbonyl (C=O) groups excluding carboxylic acids is 2. The van der Waals surface area contributed by atoms with E-state index >= 15 is 0 Å². The Morgan fingerprint density at radius 3 is 2.54 bits per heavy atom. The monoisotopic (exact) mass is 326 g/mol. The number of fused-ring (bicyclic) bond motifs is 1. The maximum absolute atomic E-state index is 12.2. The molecule has 2 amide bonds. The third-order valence-electron chi connectivity index (χ3n) is 3.85. The minimum Gasteiger partial charge on any atom is -0.454 e. The van der Waals surface area contributed by atoms with E-state index in [1.807, 2.05) is 48.5 Å². The van der Waals surface area contributed by atoms with Crippen LogP contribution in [0.25, 0.3) is 0 Å². The Morgan fingerprint density at radius 1 is 1.04 bits per heavy atom. The van der Waals surface area contributed by atoms with Gasteiger partial charge in [0, 0.05) is 12.3 Å². The van der Waals surface area contributed by atoms with Gasteiger partial charge in [0.15, 0.2) is 11.5 Å². The summed E-state index contributed by atoms with van der Waals surface area (Å²) in [4.78, 5) is 23.0. The molecule has 0 aromatic heterocycles. The second kappa shape index (κ2) is 7.04. The lowest BCUT2D eigenvalue weighted by Crippen LogP contribution is -2.34. The van der Waals surface area contributed by atoms with Crippen molar-refractivity contribution < 1.29 is 19.1 Å². The lowest BCUT2D eigenvalue weighted by Gasteiger charge is -2.18. The molecule has 124 valence electrons. The van der Waals surface area contributed by atoms with Gasteiger partial charge in [-0.2, -0.15) is 0 Å². The standard InChI is InChI=1S/C18H18N2O4/c19-17(21)10-20-18(22)9-14(12-4-2-1-3-5-12)13-6-7-15-16(8-13)24-11-23-15/h1-8,14H,9-11H2,(H2,19,21)(H,20,22)/t14-/m0/s1. The molecule has 0 saturated carbocycles. The molecule has 0 bridgehead atoms. The fraction of sp³-hybridized carbons (Fsp3) is 0.222. The summed E-state index contributed by atoms with van der Waals surface area (Å²) in [6.45, 7) is 0.0371. The van der Waals surface area contributed by atoms with Crippen LogP contribution in [-0.2, 0) is 9.59 Å².